The molecule has 0 unspecified atom stereocenters. The summed E-state index contributed by atoms with van der Waals surface area (Å²) in [5.41, 5.74) is 1.54. The molecular formula is C18H21BrClFN4O. The fourth-order valence-corrected chi connectivity index (χ4v) is 3.59. The van der Waals surface area contributed by atoms with Crippen molar-refractivity contribution in [3.05, 3.63) is 51.0 Å². The number of benzene rings is 1. The summed E-state index contributed by atoms with van der Waals surface area (Å²) in [6.07, 6.45) is 2.17. The van der Waals surface area contributed by atoms with Gasteiger partial charge in [-0.15, -0.1) is 0 Å². The summed E-state index contributed by atoms with van der Waals surface area (Å²) in [7, 11) is 0. The highest BCUT2D eigenvalue weighted by Crippen LogP contribution is 2.21. The van der Waals surface area contributed by atoms with Crippen LogP contribution in [0.5, 0.6) is 0 Å². The molecule has 1 aromatic heterocycles. The summed E-state index contributed by atoms with van der Waals surface area (Å²) < 4.78 is 16.7. The Morgan fingerprint density at radius 1 is 1.31 bits per heavy atom. The van der Waals surface area contributed by atoms with E-state index in [1.807, 2.05) is 16.5 Å². The molecule has 0 radical (unpaired) electrons. The van der Waals surface area contributed by atoms with Crippen molar-refractivity contribution >= 4 is 33.4 Å². The molecule has 140 valence electrons. The van der Waals surface area contributed by atoms with Crippen molar-refractivity contribution in [1.82, 2.24) is 19.6 Å². The Bertz CT molecular complexity index is 769. The van der Waals surface area contributed by atoms with Crippen LogP contribution in [0.15, 0.2) is 28.9 Å². The van der Waals surface area contributed by atoms with Crippen LogP contribution in [-0.2, 0) is 17.9 Å². The molecule has 1 amide bonds. The van der Waals surface area contributed by atoms with Gasteiger partial charge in [-0.2, -0.15) is 5.10 Å². The van der Waals surface area contributed by atoms with E-state index in [1.165, 1.54) is 6.07 Å². The number of hydrogen-bond donors (Lipinski definition) is 0. The lowest BCUT2D eigenvalue weighted by Gasteiger charge is -2.35. The Balaban J connectivity index is 1.48. The van der Waals surface area contributed by atoms with Gasteiger partial charge in [-0.25, -0.2) is 4.39 Å². The summed E-state index contributed by atoms with van der Waals surface area (Å²) >= 11 is 9.52. The topological polar surface area (TPSA) is 41.4 Å². The molecule has 1 saturated heterocycles. The first-order valence-electron chi connectivity index (χ1n) is 8.56. The number of aryl methyl sites for hydroxylation is 1. The van der Waals surface area contributed by atoms with E-state index in [-0.39, 0.29) is 11.7 Å². The average Bonchev–Trinajstić information content (AvgIpc) is 2.95. The molecule has 0 spiro atoms. The number of piperazine rings is 1. The molecule has 2 aromatic rings. The summed E-state index contributed by atoms with van der Waals surface area (Å²) in [5, 5.41) is 4.70. The minimum atomic E-state index is -0.281. The number of hydrogen-bond acceptors (Lipinski definition) is 3. The van der Waals surface area contributed by atoms with Crippen molar-refractivity contribution < 1.29 is 9.18 Å². The van der Waals surface area contributed by atoms with E-state index < -0.39 is 0 Å². The van der Waals surface area contributed by atoms with Gasteiger partial charge in [-0.1, -0.05) is 17.7 Å². The lowest BCUT2D eigenvalue weighted by molar-refractivity contribution is -0.133. The number of amides is 1. The van der Waals surface area contributed by atoms with Crippen LogP contribution in [0.4, 0.5) is 4.39 Å². The minimum absolute atomic E-state index is 0.125. The second-order valence-electron chi connectivity index (χ2n) is 6.41. The maximum atomic E-state index is 13.9. The Morgan fingerprint density at radius 3 is 2.65 bits per heavy atom. The third-order valence-corrected chi connectivity index (χ3v) is 5.88. The lowest BCUT2D eigenvalue weighted by Crippen LogP contribution is -2.48. The second kappa shape index (κ2) is 8.50. The average molecular weight is 444 g/mol. The molecule has 1 aliphatic heterocycles. The molecule has 8 heteroatoms. The van der Waals surface area contributed by atoms with Crippen LogP contribution in [-0.4, -0.2) is 51.7 Å². The highest BCUT2D eigenvalue weighted by atomic mass is 79.9. The fourth-order valence-electron chi connectivity index (χ4n) is 3.07. The maximum Gasteiger partial charge on any atom is 0.224 e. The number of rotatable bonds is 5. The van der Waals surface area contributed by atoms with Crippen molar-refractivity contribution in [2.24, 2.45) is 0 Å². The van der Waals surface area contributed by atoms with Gasteiger partial charge in [0.25, 0.3) is 0 Å². The number of halogens is 3. The van der Waals surface area contributed by atoms with Gasteiger partial charge in [0, 0.05) is 62.0 Å². The van der Waals surface area contributed by atoms with Crippen LogP contribution in [0.2, 0.25) is 5.02 Å². The smallest absolute Gasteiger partial charge is 0.224 e. The molecule has 5 nitrogen and oxygen atoms in total. The Kier molecular flexibility index (Phi) is 6.32. The summed E-state index contributed by atoms with van der Waals surface area (Å²) in [4.78, 5) is 16.4. The fraction of sp³-hybridized carbons (Fsp3) is 0.444. The Hall–Kier alpha value is -1.44. The zero-order chi connectivity index (χ0) is 18.7. The standard InChI is InChI=1S/C18H21BrClFN4O/c1-13-15(19)11-22-25(13)6-5-18(26)24-9-7-23(8-10-24)12-14-16(20)3-2-4-17(14)21/h2-4,11H,5-10,12H2,1H3. The van der Waals surface area contributed by atoms with Crippen LogP contribution < -0.4 is 0 Å². The van der Waals surface area contributed by atoms with Gasteiger partial charge in [-0.3, -0.25) is 14.4 Å². The monoisotopic (exact) mass is 442 g/mol. The molecule has 0 atom stereocenters. The molecular weight excluding hydrogens is 423 g/mol. The summed E-state index contributed by atoms with van der Waals surface area (Å²) in [6, 6.07) is 4.74. The quantitative estimate of drug-likeness (QED) is 0.710. The van der Waals surface area contributed by atoms with Gasteiger partial charge in [0.15, 0.2) is 0 Å². The van der Waals surface area contributed by atoms with E-state index in [2.05, 4.69) is 25.9 Å². The zero-order valence-corrected chi connectivity index (χ0v) is 16.9. The van der Waals surface area contributed by atoms with Crippen molar-refractivity contribution in [3.63, 3.8) is 0 Å². The molecule has 0 aliphatic carbocycles. The van der Waals surface area contributed by atoms with Crippen LogP contribution in [0.25, 0.3) is 0 Å². The van der Waals surface area contributed by atoms with Gasteiger partial charge in [0.2, 0.25) is 5.91 Å². The van der Waals surface area contributed by atoms with Gasteiger partial charge < -0.3 is 4.90 Å². The van der Waals surface area contributed by atoms with Gasteiger partial charge in [0.1, 0.15) is 5.82 Å². The summed E-state index contributed by atoms with van der Waals surface area (Å²) in [5.74, 6) is -0.156. The second-order valence-corrected chi connectivity index (χ2v) is 7.67. The first-order chi connectivity index (χ1) is 12.5. The molecule has 0 saturated carbocycles. The van der Waals surface area contributed by atoms with Crippen LogP contribution >= 0.6 is 27.5 Å². The number of carbonyl (C=O) groups excluding carboxylic acids is 1. The van der Waals surface area contributed by atoms with Crippen molar-refractivity contribution in [2.75, 3.05) is 26.2 Å². The number of nitrogens with zero attached hydrogens (tertiary/aromatic N) is 4. The van der Waals surface area contributed by atoms with Gasteiger partial charge >= 0.3 is 0 Å². The van der Waals surface area contributed by atoms with Crippen molar-refractivity contribution in [3.8, 4) is 0 Å². The largest absolute Gasteiger partial charge is 0.340 e. The first-order valence-corrected chi connectivity index (χ1v) is 9.73. The molecule has 2 heterocycles. The molecule has 0 N–H and O–H groups in total. The molecule has 1 fully saturated rings. The minimum Gasteiger partial charge on any atom is -0.340 e. The third kappa shape index (κ3) is 4.45. The molecule has 0 bridgehead atoms. The maximum absolute atomic E-state index is 13.9. The number of aromatic nitrogens is 2. The highest BCUT2D eigenvalue weighted by Gasteiger charge is 2.22. The summed E-state index contributed by atoms with van der Waals surface area (Å²) in [6.45, 7) is 5.72. The lowest BCUT2D eigenvalue weighted by atomic mass is 10.1. The van der Waals surface area contributed by atoms with E-state index >= 15 is 0 Å². The first kappa shape index (κ1) is 19.3. The zero-order valence-electron chi connectivity index (χ0n) is 14.6. The van der Waals surface area contributed by atoms with E-state index in [4.69, 9.17) is 11.6 Å². The van der Waals surface area contributed by atoms with Crippen molar-refractivity contribution in [2.45, 2.75) is 26.4 Å². The normalized spacial score (nSPS) is 15.5. The third-order valence-electron chi connectivity index (χ3n) is 4.75. The Labute approximate surface area is 165 Å². The van der Waals surface area contributed by atoms with Crippen LogP contribution in [0, 0.1) is 12.7 Å². The molecule has 1 aromatic carbocycles. The predicted molar refractivity (Wildman–Crippen MR) is 103 cm³/mol. The van der Waals surface area contributed by atoms with Gasteiger partial charge in [0.05, 0.1) is 10.7 Å². The van der Waals surface area contributed by atoms with E-state index in [1.54, 1.807) is 18.3 Å². The van der Waals surface area contributed by atoms with E-state index in [0.29, 0.717) is 56.3 Å². The van der Waals surface area contributed by atoms with E-state index in [9.17, 15) is 9.18 Å². The van der Waals surface area contributed by atoms with Crippen LogP contribution in [0.3, 0.4) is 0 Å². The number of carbonyl (C=O) groups is 1. The van der Waals surface area contributed by atoms with E-state index in [0.717, 1.165) is 10.2 Å². The highest BCUT2D eigenvalue weighted by molar-refractivity contribution is 9.10. The predicted octanol–water partition coefficient (Wildman–Crippen LogP) is 3.48. The van der Waals surface area contributed by atoms with Crippen molar-refractivity contribution in [1.29, 1.82) is 0 Å². The Morgan fingerprint density at radius 2 is 2.04 bits per heavy atom. The van der Waals surface area contributed by atoms with Gasteiger partial charge in [-0.05, 0) is 35.0 Å². The molecule has 3 rings (SSSR count). The van der Waals surface area contributed by atoms with Crippen LogP contribution in [0.1, 0.15) is 17.7 Å². The SMILES string of the molecule is Cc1c(Br)cnn1CCC(=O)N1CCN(Cc2c(F)cccc2Cl)CC1. The molecule has 1 aliphatic rings. The molecule has 26 heavy (non-hydrogen) atoms.